The fraction of sp³-hybridized carbons (Fsp3) is 0.462. The third-order valence-electron chi connectivity index (χ3n) is 2.98. The number of ether oxygens (including phenoxy) is 1. The highest BCUT2D eigenvalue weighted by Gasteiger charge is 2.28. The van der Waals surface area contributed by atoms with Crippen LogP contribution in [0.4, 0.5) is 13.2 Å². The van der Waals surface area contributed by atoms with Gasteiger partial charge in [0.2, 0.25) is 0 Å². The molecule has 2 N–H and O–H groups in total. The summed E-state index contributed by atoms with van der Waals surface area (Å²) in [5, 5.41) is 12.4. The molecule has 7 heteroatoms. The van der Waals surface area contributed by atoms with Crippen molar-refractivity contribution >= 4 is 5.91 Å². The molecule has 1 unspecified atom stereocenters. The van der Waals surface area contributed by atoms with Gasteiger partial charge >= 0.3 is 6.18 Å². The molecule has 0 fully saturated rings. The smallest absolute Gasteiger partial charge is 0.386 e. The largest absolute Gasteiger partial charge is 0.411 e. The molecule has 0 spiro atoms. The maximum Gasteiger partial charge on any atom is 0.411 e. The molecule has 0 aromatic heterocycles. The van der Waals surface area contributed by atoms with Crippen molar-refractivity contribution in [2.75, 3.05) is 19.8 Å². The van der Waals surface area contributed by atoms with Gasteiger partial charge in [-0.3, -0.25) is 4.79 Å². The first-order valence-corrected chi connectivity index (χ1v) is 6.10. The van der Waals surface area contributed by atoms with Gasteiger partial charge in [-0.25, -0.2) is 0 Å². The maximum atomic E-state index is 11.9. The second kappa shape index (κ2) is 5.80. The Bertz CT molecular complexity index is 502. The number of carbonyl (C=O) groups is 1. The van der Waals surface area contributed by atoms with Gasteiger partial charge in [-0.15, -0.1) is 0 Å². The SMILES string of the molecule is O=C1NCCc2ccc(C(O)COCC(F)(F)F)cc21. The van der Waals surface area contributed by atoms with E-state index in [2.05, 4.69) is 10.1 Å². The fourth-order valence-electron chi connectivity index (χ4n) is 2.02. The number of rotatable bonds is 4. The van der Waals surface area contributed by atoms with Crippen LogP contribution in [0.3, 0.4) is 0 Å². The Morgan fingerprint density at radius 1 is 1.40 bits per heavy atom. The van der Waals surface area contributed by atoms with Crippen LogP contribution in [-0.2, 0) is 11.2 Å². The third kappa shape index (κ3) is 3.71. The molecule has 1 heterocycles. The normalized spacial score (nSPS) is 16.5. The summed E-state index contributed by atoms with van der Waals surface area (Å²) in [6, 6.07) is 4.79. The zero-order chi connectivity index (χ0) is 14.8. The molecule has 1 aromatic carbocycles. The lowest BCUT2D eigenvalue weighted by atomic mass is 9.96. The van der Waals surface area contributed by atoms with Crippen molar-refractivity contribution in [2.45, 2.75) is 18.7 Å². The van der Waals surface area contributed by atoms with Crippen LogP contribution < -0.4 is 5.32 Å². The lowest BCUT2D eigenvalue weighted by Crippen LogP contribution is -2.32. The molecule has 20 heavy (non-hydrogen) atoms. The monoisotopic (exact) mass is 289 g/mol. The summed E-state index contributed by atoms with van der Waals surface area (Å²) in [4.78, 5) is 11.6. The third-order valence-corrected chi connectivity index (χ3v) is 2.98. The Hall–Kier alpha value is -1.60. The summed E-state index contributed by atoms with van der Waals surface area (Å²) in [7, 11) is 0. The highest BCUT2D eigenvalue weighted by atomic mass is 19.4. The summed E-state index contributed by atoms with van der Waals surface area (Å²) in [6.45, 7) is -1.32. The minimum Gasteiger partial charge on any atom is -0.386 e. The number of carbonyl (C=O) groups excluding carboxylic acids is 1. The van der Waals surface area contributed by atoms with E-state index < -0.39 is 25.5 Å². The molecular weight excluding hydrogens is 275 g/mol. The second-order valence-corrected chi connectivity index (χ2v) is 4.57. The lowest BCUT2D eigenvalue weighted by Gasteiger charge is -2.19. The summed E-state index contributed by atoms with van der Waals surface area (Å²) >= 11 is 0. The van der Waals surface area contributed by atoms with Gasteiger partial charge in [0.1, 0.15) is 12.7 Å². The number of aliphatic hydroxyl groups is 1. The van der Waals surface area contributed by atoms with Gasteiger partial charge in [-0.1, -0.05) is 12.1 Å². The van der Waals surface area contributed by atoms with Crippen molar-refractivity contribution in [3.05, 3.63) is 34.9 Å². The van der Waals surface area contributed by atoms with Gasteiger partial charge < -0.3 is 15.2 Å². The Labute approximate surface area is 113 Å². The van der Waals surface area contributed by atoms with E-state index in [1.165, 1.54) is 6.07 Å². The molecule has 1 aliphatic rings. The summed E-state index contributed by atoms with van der Waals surface area (Å²) in [5.74, 6) is -0.239. The van der Waals surface area contributed by atoms with Gasteiger partial charge in [0.05, 0.1) is 6.61 Å². The zero-order valence-corrected chi connectivity index (χ0v) is 10.5. The van der Waals surface area contributed by atoms with Crippen LogP contribution in [0.5, 0.6) is 0 Å². The van der Waals surface area contributed by atoms with Crippen LogP contribution in [0.1, 0.15) is 27.6 Å². The number of amides is 1. The standard InChI is InChI=1S/C13H14F3NO3/c14-13(15,16)7-20-6-11(18)9-2-1-8-3-4-17-12(19)10(8)5-9/h1-2,5,11,18H,3-4,6-7H2,(H,17,19). The Morgan fingerprint density at radius 2 is 2.15 bits per heavy atom. The van der Waals surface area contributed by atoms with E-state index in [1.54, 1.807) is 12.1 Å². The molecule has 0 radical (unpaired) electrons. The molecule has 0 saturated heterocycles. The number of aliphatic hydroxyl groups excluding tert-OH is 1. The van der Waals surface area contributed by atoms with Crippen LogP contribution >= 0.6 is 0 Å². The van der Waals surface area contributed by atoms with Gasteiger partial charge in [0.15, 0.2) is 0 Å². The van der Waals surface area contributed by atoms with Crippen molar-refractivity contribution in [3.8, 4) is 0 Å². The molecule has 0 aliphatic carbocycles. The highest BCUT2D eigenvalue weighted by molar-refractivity contribution is 5.96. The number of hydrogen-bond donors (Lipinski definition) is 2. The first-order valence-electron chi connectivity index (χ1n) is 6.10. The average molecular weight is 289 g/mol. The van der Waals surface area contributed by atoms with Crippen LogP contribution in [0.2, 0.25) is 0 Å². The molecule has 4 nitrogen and oxygen atoms in total. The van der Waals surface area contributed by atoms with Gasteiger partial charge in [0, 0.05) is 12.1 Å². The molecule has 1 aromatic rings. The zero-order valence-electron chi connectivity index (χ0n) is 10.5. The molecule has 1 aliphatic heterocycles. The molecule has 1 amide bonds. The maximum absolute atomic E-state index is 11.9. The van der Waals surface area contributed by atoms with Crippen molar-refractivity contribution in [2.24, 2.45) is 0 Å². The van der Waals surface area contributed by atoms with Crippen LogP contribution in [0.15, 0.2) is 18.2 Å². The molecule has 1 atom stereocenters. The van der Waals surface area contributed by atoms with Gasteiger partial charge in [0.25, 0.3) is 5.91 Å². The quantitative estimate of drug-likeness (QED) is 0.885. The summed E-state index contributed by atoms with van der Waals surface area (Å²) in [5.41, 5.74) is 1.67. The molecule has 110 valence electrons. The highest BCUT2D eigenvalue weighted by Crippen LogP contribution is 2.22. The van der Waals surface area contributed by atoms with E-state index in [4.69, 9.17) is 0 Å². The van der Waals surface area contributed by atoms with Gasteiger partial charge in [-0.05, 0) is 23.6 Å². The number of halogens is 3. The number of hydrogen-bond acceptors (Lipinski definition) is 3. The van der Waals surface area contributed by atoms with Gasteiger partial charge in [-0.2, -0.15) is 13.2 Å². The number of benzene rings is 1. The second-order valence-electron chi connectivity index (χ2n) is 4.57. The molecule has 0 saturated carbocycles. The van der Waals surface area contributed by atoms with Crippen molar-refractivity contribution in [3.63, 3.8) is 0 Å². The minimum absolute atomic E-state index is 0.239. The lowest BCUT2D eigenvalue weighted by molar-refractivity contribution is -0.179. The van der Waals surface area contributed by atoms with E-state index in [1.807, 2.05) is 0 Å². The Balaban J connectivity index is 2.02. The first-order chi connectivity index (χ1) is 9.37. The Morgan fingerprint density at radius 3 is 2.85 bits per heavy atom. The molecule has 2 rings (SSSR count). The van der Waals surface area contributed by atoms with E-state index in [-0.39, 0.29) is 5.91 Å². The Kier molecular flexibility index (Phi) is 4.29. The number of fused-ring (bicyclic) bond motifs is 1. The predicted octanol–water partition coefficient (Wildman–Crippen LogP) is 1.58. The van der Waals surface area contributed by atoms with E-state index in [0.29, 0.717) is 24.1 Å². The van der Waals surface area contributed by atoms with E-state index >= 15 is 0 Å². The minimum atomic E-state index is -4.42. The number of nitrogens with one attached hydrogen (secondary N) is 1. The van der Waals surface area contributed by atoms with Crippen LogP contribution in [-0.4, -0.2) is 36.9 Å². The van der Waals surface area contributed by atoms with Crippen molar-refractivity contribution in [1.82, 2.24) is 5.32 Å². The fourth-order valence-corrected chi connectivity index (χ4v) is 2.02. The summed E-state index contributed by atoms with van der Waals surface area (Å²) in [6.07, 6.45) is -4.92. The first kappa shape index (κ1) is 14.8. The average Bonchev–Trinajstić information content (AvgIpc) is 2.37. The topological polar surface area (TPSA) is 58.6 Å². The van der Waals surface area contributed by atoms with E-state index in [9.17, 15) is 23.1 Å². The number of alkyl halides is 3. The van der Waals surface area contributed by atoms with Crippen molar-refractivity contribution < 1.29 is 27.8 Å². The van der Waals surface area contributed by atoms with E-state index in [0.717, 1.165) is 5.56 Å². The van der Waals surface area contributed by atoms with Crippen LogP contribution in [0.25, 0.3) is 0 Å². The summed E-state index contributed by atoms with van der Waals surface area (Å²) < 4.78 is 40.2. The molecule has 0 bridgehead atoms. The molecular formula is C13H14F3NO3. The predicted molar refractivity (Wildman–Crippen MR) is 64.3 cm³/mol. The van der Waals surface area contributed by atoms with Crippen molar-refractivity contribution in [1.29, 1.82) is 0 Å². The van der Waals surface area contributed by atoms with Crippen LogP contribution in [0, 0.1) is 0 Å².